The number of imide groups is 1. The number of ether oxygens (including phenoxy) is 2. The van der Waals surface area contributed by atoms with Crippen molar-refractivity contribution in [2.75, 3.05) is 7.11 Å². The van der Waals surface area contributed by atoms with Crippen LogP contribution in [-0.2, 0) is 14.3 Å². The second-order valence-electron chi connectivity index (χ2n) is 5.33. The average molecular weight is 254 g/mol. The van der Waals surface area contributed by atoms with Gasteiger partial charge < -0.3 is 14.8 Å². The molecule has 2 saturated heterocycles. The van der Waals surface area contributed by atoms with E-state index in [9.17, 15) is 9.59 Å². The molecule has 0 aromatic heterocycles. The van der Waals surface area contributed by atoms with Gasteiger partial charge in [-0.3, -0.25) is 10.1 Å². The summed E-state index contributed by atoms with van der Waals surface area (Å²) in [5, 5.41) is 4.98. The second-order valence-corrected chi connectivity index (χ2v) is 5.33. The first kappa shape index (κ1) is 11.9. The van der Waals surface area contributed by atoms with Gasteiger partial charge in [-0.15, -0.1) is 0 Å². The Kier molecular flexibility index (Phi) is 2.99. The van der Waals surface area contributed by atoms with E-state index in [2.05, 4.69) is 10.6 Å². The number of fused-ring (bicyclic) bond motifs is 2. The topological polar surface area (TPSA) is 76.7 Å². The molecule has 0 radical (unpaired) electrons. The first-order valence-electron chi connectivity index (χ1n) is 6.47. The van der Waals surface area contributed by atoms with Crippen molar-refractivity contribution in [3.8, 4) is 0 Å². The van der Waals surface area contributed by atoms with E-state index in [0.29, 0.717) is 5.92 Å². The van der Waals surface area contributed by atoms with Crippen molar-refractivity contribution < 1.29 is 19.1 Å². The molecule has 2 heterocycles. The third-order valence-corrected chi connectivity index (χ3v) is 4.29. The van der Waals surface area contributed by atoms with Crippen molar-refractivity contribution >= 4 is 11.9 Å². The number of carbonyl (C=O) groups is 2. The van der Waals surface area contributed by atoms with Crippen LogP contribution in [0.15, 0.2) is 0 Å². The normalized spacial score (nSPS) is 43.5. The van der Waals surface area contributed by atoms with E-state index >= 15 is 0 Å². The minimum Gasteiger partial charge on any atom is -0.381 e. The predicted molar refractivity (Wildman–Crippen MR) is 61.6 cm³/mol. The van der Waals surface area contributed by atoms with Crippen molar-refractivity contribution in [3.63, 3.8) is 0 Å². The van der Waals surface area contributed by atoms with Crippen LogP contribution in [0.2, 0.25) is 0 Å². The number of methoxy groups -OCH3 is 1. The van der Waals surface area contributed by atoms with Gasteiger partial charge in [0, 0.05) is 7.11 Å². The highest BCUT2D eigenvalue weighted by atomic mass is 16.5. The summed E-state index contributed by atoms with van der Waals surface area (Å²) in [6.45, 7) is 0. The van der Waals surface area contributed by atoms with Crippen LogP contribution in [0.25, 0.3) is 0 Å². The summed E-state index contributed by atoms with van der Waals surface area (Å²) in [6, 6.07) is -0.453. The number of urea groups is 1. The molecule has 3 fully saturated rings. The molecule has 6 heteroatoms. The average Bonchev–Trinajstić information content (AvgIpc) is 2.36. The molecule has 2 aliphatic heterocycles. The van der Waals surface area contributed by atoms with E-state index in [4.69, 9.17) is 9.47 Å². The van der Waals surface area contributed by atoms with Crippen molar-refractivity contribution in [1.82, 2.24) is 10.6 Å². The van der Waals surface area contributed by atoms with E-state index in [1.54, 1.807) is 7.11 Å². The molecule has 6 nitrogen and oxygen atoms in total. The molecule has 3 amide bonds. The number of hydrogen-bond acceptors (Lipinski definition) is 4. The number of nitrogens with one attached hydrogen (secondary N) is 2. The highest BCUT2D eigenvalue weighted by Gasteiger charge is 2.46. The molecular weight excluding hydrogens is 236 g/mol. The highest BCUT2D eigenvalue weighted by molar-refractivity contribution is 5.98. The zero-order chi connectivity index (χ0) is 12.7. The summed E-state index contributed by atoms with van der Waals surface area (Å²) in [5.74, 6) is -0.132. The van der Waals surface area contributed by atoms with Crippen LogP contribution in [0.3, 0.4) is 0 Å². The summed E-state index contributed by atoms with van der Waals surface area (Å²) >= 11 is 0. The lowest BCUT2D eigenvalue weighted by atomic mass is 9.76. The molecule has 1 aliphatic carbocycles. The zero-order valence-electron chi connectivity index (χ0n) is 10.3. The van der Waals surface area contributed by atoms with Crippen LogP contribution >= 0.6 is 0 Å². The Morgan fingerprint density at radius 2 is 2.11 bits per heavy atom. The largest absolute Gasteiger partial charge is 0.381 e. The lowest BCUT2D eigenvalue weighted by Crippen LogP contribution is -2.63. The van der Waals surface area contributed by atoms with Crippen molar-refractivity contribution in [2.45, 2.75) is 44.1 Å². The summed E-state index contributed by atoms with van der Waals surface area (Å²) in [7, 11) is 1.73. The Bertz CT molecular complexity index is 373. The van der Waals surface area contributed by atoms with Gasteiger partial charge in [-0.05, 0) is 31.6 Å². The van der Waals surface area contributed by atoms with Crippen LogP contribution in [0.5, 0.6) is 0 Å². The van der Waals surface area contributed by atoms with Gasteiger partial charge >= 0.3 is 6.03 Å². The Hall–Kier alpha value is -1.14. The molecule has 0 bridgehead atoms. The minimum atomic E-state index is -0.453. The number of rotatable bonds is 1. The van der Waals surface area contributed by atoms with Gasteiger partial charge in [0.1, 0.15) is 6.23 Å². The van der Waals surface area contributed by atoms with Crippen molar-refractivity contribution in [1.29, 1.82) is 0 Å². The van der Waals surface area contributed by atoms with Crippen LogP contribution in [-0.4, -0.2) is 37.5 Å². The standard InChI is InChI=1S/C12H18N2O4/c1-17-7-2-3-9-6(4-7)5-8-10(15)13-12(16)14-11(8)18-9/h6-9,11H,2-5H2,1H3,(H2,13,14,15,16). The molecular formula is C12H18N2O4. The van der Waals surface area contributed by atoms with E-state index < -0.39 is 12.3 Å². The Labute approximate surface area is 105 Å². The van der Waals surface area contributed by atoms with Crippen LogP contribution < -0.4 is 10.6 Å². The fraction of sp³-hybridized carbons (Fsp3) is 0.833. The Morgan fingerprint density at radius 3 is 2.89 bits per heavy atom. The molecule has 100 valence electrons. The predicted octanol–water partition coefficient (Wildman–Crippen LogP) is 0.372. The monoisotopic (exact) mass is 254 g/mol. The fourth-order valence-electron chi connectivity index (χ4n) is 3.32. The third kappa shape index (κ3) is 1.99. The molecule has 1 saturated carbocycles. The van der Waals surface area contributed by atoms with Crippen LogP contribution in [0.1, 0.15) is 25.7 Å². The van der Waals surface area contributed by atoms with Gasteiger partial charge in [-0.1, -0.05) is 0 Å². The molecule has 5 atom stereocenters. The fourth-order valence-corrected chi connectivity index (χ4v) is 3.32. The first-order valence-corrected chi connectivity index (χ1v) is 6.47. The second kappa shape index (κ2) is 4.51. The molecule has 0 aromatic rings. The van der Waals surface area contributed by atoms with Crippen molar-refractivity contribution in [2.24, 2.45) is 11.8 Å². The van der Waals surface area contributed by atoms with E-state index in [-0.39, 0.29) is 24.0 Å². The lowest BCUT2D eigenvalue weighted by molar-refractivity contribution is -0.168. The van der Waals surface area contributed by atoms with Gasteiger partial charge in [-0.2, -0.15) is 0 Å². The molecule has 5 unspecified atom stereocenters. The maximum absolute atomic E-state index is 11.8. The van der Waals surface area contributed by atoms with Crippen LogP contribution in [0, 0.1) is 11.8 Å². The molecule has 3 aliphatic rings. The van der Waals surface area contributed by atoms with E-state index in [1.165, 1.54) is 0 Å². The lowest BCUT2D eigenvalue weighted by Gasteiger charge is -2.46. The summed E-state index contributed by atoms with van der Waals surface area (Å²) in [4.78, 5) is 23.0. The van der Waals surface area contributed by atoms with Gasteiger partial charge in [0.2, 0.25) is 5.91 Å². The SMILES string of the molecule is COC1CCC2OC3NC(=O)NC(=O)C3CC2C1. The van der Waals surface area contributed by atoms with E-state index in [0.717, 1.165) is 25.7 Å². The molecule has 3 rings (SSSR count). The highest BCUT2D eigenvalue weighted by Crippen LogP contribution is 2.39. The summed E-state index contributed by atoms with van der Waals surface area (Å²) < 4.78 is 11.3. The summed E-state index contributed by atoms with van der Waals surface area (Å²) in [5.41, 5.74) is 0. The Morgan fingerprint density at radius 1 is 1.28 bits per heavy atom. The van der Waals surface area contributed by atoms with Gasteiger partial charge in [-0.25, -0.2) is 4.79 Å². The number of amides is 3. The van der Waals surface area contributed by atoms with Gasteiger partial charge in [0.05, 0.1) is 18.1 Å². The summed E-state index contributed by atoms with van der Waals surface area (Å²) in [6.07, 6.45) is 3.58. The molecule has 0 spiro atoms. The maximum atomic E-state index is 11.8. The number of carbonyl (C=O) groups excluding carboxylic acids is 2. The molecule has 2 N–H and O–H groups in total. The first-order chi connectivity index (χ1) is 8.67. The Balaban J connectivity index is 1.72. The minimum absolute atomic E-state index is 0.142. The maximum Gasteiger partial charge on any atom is 0.323 e. The van der Waals surface area contributed by atoms with E-state index in [1.807, 2.05) is 0 Å². The third-order valence-electron chi connectivity index (χ3n) is 4.29. The zero-order valence-corrected chi connectivity index (χ0v) is 10.3. The molecule has 18 heavy (non-hydrogen) atoms. The van der Waals surface area contributed by atoms with Crippen molar-refractivity contribution in [3.05, 3.63) is 0 Å². The molecule has 0 aromatic carbocycles. The number of hydrogen-bond donors (Lipinski definition) is 2. The van der Waals surface area contributed by atoms with Gasteiger partial charge in [0.25, 0.3) is 0 Å². The smallest absolute Gasteiger partial charge is 0.323 e. The van der Waals surface area contributed by atoms with Gasteiger partial charge in [0.15, 0.2) is 0 Å². The van der Waals surface area contributed by atoms with Crippen LogP contribution in [0.4, 0.5) is 4.79 Å². The quantitative estimate of drug-likeness (QED) is 0.709.